The molecular formula is C18H17NO3. The van der Waals surface area contributed by atoms with Crippen LogP contribution in [-0.2, 0) is 11.2 Å². The van der Waals surface area contributed by atoms with Crippen molar-refractivity contribution in [2.45, 2.75) is 26.7 Å². The van der Waals surface area contributed by atoms with Crippen molar-refractivity contribution in [3.8, 4) is 6.07 Å². The first-order valence-corrected chi connectivity index (χ1v) is 7.09. The maximum atomic E-state index is 12.5. The predicted molar refractivity (Wildman–Crippen MR) is 81.4 cm³/mol. The molecule has 2 aromatic rings. The minimum atomic E-state index is -1.25. The van der Waals surface area contributed by atoms with E-state index in [0.717, 1.165) is 11.1 Å². The summed E-state index contributed by atoms with van der Waals surface area (Å²) < 4.78 is 5.16. The van der Waals surface area contributed by atoms with Gasteiger partial charge >= 0.3 is 0 Å². The molecule has 1 aromatic carbocycles. The van der Waals surface area contributed by atoms with Gasteiger partial charge in [0.25, 0.3) is 0 Å². The molecule has 0 saturated carbocycles. The van der Waals surface area contributed by atoms with Crippen LogP contribution in [0.1, 0.15) is 33.7 Å². The summed E-state index contributed by atoms with van der Waals surface area (Å²) in [4.78, 5) is 24.7. The molecule has 0 aliphatic rings. The smallest absolute Gasteiger partial charge is 0.187 e. The van der Waals surface area contributed by atoms with Gasteiger partial charge in [0.05, 0.1) is 12.3 Å². The molecule has 4 heteroatoms. The molecule has 1 heterocycles. The molecule has 0 fully saturated rings. The second kappa shape index (κ2) is 6.86. The Kier molecular flexibility index (Phi) is 4.90. The van der Waals surface area contributed by atoms with E-state index >= 15 is 0 Å². The van der Waals surface area contributed by atoms with Crippen molar-refractivity contribution in [3.63, 3.8) is 0 Å². The van der Waals surface area contributed by atoms with Crippen LogP contribution in [0.5, 0.6) is 0 Å². The third-order valence-electron chi connectivity index (χ3n) is 3.78. The number of Topliss-reactive ketones (excluding diaryl/α,β-unsaturated/α-hetero) is 2. The zero-order valence-corrected chi connectivity index (χ0v) is 12.6. The van der Waals surface area contributed by atoms with Gasteiger partial charge in [0.15, 0.2) is 17.5 Å². The molecule has 0 aliphatic carbocycles. The number of hydrogen-bond donors (Lipinski definition) is 0. The molecule has 0 amide bonds. The topological polar surface area (TPSA) is 71.1 Å². The molecule has 22 heavy (non-hydrogen) atoms. The average Bonchev–Trinajstić information content (AvgIpc) is 3.02. The molecule has 0 radical (unpaired) electrons. The molecule has 0 saturated heterocycles. The molecule has 0 N–H and O–H groups in total. The fourth-order valence-corrected chi connectivity index (χ4v) is 2.30. The van der Waals surface area contributed by atoms with Crippen molar-refractivity contribution >= 4 is 11.6 Å². The van der Waals surface area contributed by atoms with Crippen LogP contribution < -0.4 is 0 Å². The number of rotatable bonds is 6. The van der Waals surface area contributed by atoms with E-state index in [9.17, 15) is 14.9 Å². The van der Waals surface area contributed by atoms with Crippen LogP contribution in [0.25, 0.3) is 0 Å². The number of hydrogen-bond acceptors (Lipinski definition) is 4. The van der Waals surface area contributed by atoms with E-state index in [1.165, 1.54) is 6.26 Å². The number of nitrogens with zero attached hydrogens (tertiary/aromatic N) is 1. The minimum Gasteiger partial charge on any atom is -0.469 e. The van der Waals surface area contributed by atoms with Crippen molar-refractivity contribution in [3.05, 3.63) is 59.0 Å². The first kappa shape index (κ1) is 15.7. The summed E-state index contributed by atoms with van der Waals surface area (Å²) in [7, 11) is 0. The standard InChI is InChI=1S/C18H17NO3/c1-12-5-3-7-15(13(12)2)18(21)16(11-19)17(20)9-8-14-6-4-10-22-14/h3-7,10,16H,8-9H2,1-2H3. The van der Waals surface area contributed by atoms with Crippen molar-refractivity contribution in [1.82, 2.24) is 0 Å². The lowest BCUT2D eigenvalue weighted by atomic mass is 9.89. The summed E-state index contributed by atoms with van der Waals surface area (Å²) >= 11 is 0. The lowest BCUT2D eigenvalue weighted by Gasteiger charge is -2.11. The molecule has 1 atom stereocenters. The number of aryl methyl sites for hydroxylation is 2. The van der Waals surface area contributed by atoms with Gasteiger partial charge < -0.3 is 4.42 Å². The van der Waals surface area contributed by atoms with Gasteiger partial charge in [-0.2, -0.15) is 5.26 Å². The fraction of sp³-hybridized carbons (Fsp3) is 0.278. The first-order chi connectivity index (χ1) is 10.5. The van der Waals surface area contributed by atoms with Crippen LogP contribution in [0.15, 0.2) is 41.0 Å². The van der Waals surface area contributed by atoms with Gasteiger partial charge in [0.2, 0.25) is 0 Å². The van der Waals surface area contributed by atoms with Crippen LogP contribution in [0, 0.1) is 31.1 Å². The largest absolute Gasteiger partial charge is 0.469 e. The molecule has 112 valence electrons. The molecule has 0 aliphatic heterocycles. The summed E-state index contributed by atoms with van der Waals surface area (Å²) in [5.74, 6) is -1.38. The maximum Gasteiger partial charge on any atom is 0.187 e. The van der Waals surface area contributed by atoms with Gasteiger partial charge in [0, 0.05) is 18.4 Å². The van der Waals surface area contributed by atoms with Gasteiger partial charge in [-0.1, -0.05) is 18.2 Å². The van der Waals surface area contributed by atoms with E-state index < -0.39 is 11.7 Å². The summed E-state index contributed by atoms with van der Waals surface area (Å²) in [6, 6.07) is 10.7. The molecule has 1 aromatic heterocycles. The molecule has 0 bridgehead atoms. The quantitative estimate of drug-likeness (QED) is 0.604. The fourth-order valence-electron chi connectivity index (χ4n) is 2.30. The zero-order valence-electron chi connectivity index (χ0n) is 12.6. The summed E-state index contributed by atoms with van der Waals surface area (Å²) in [5, 5.41) is 9.23. The van der Waals surface area contributed by atoms with Gasteiger partial charge in [-0.15, -0.1) is 0 Å². The van der Waals surface area contributed by atoms with Crippen molar-refractivity contribution in [2.24, 2.45) is 5.92 Å². The minimum absolute atomic E-state index is 0.113. The van der Waals surface area contributed by atoms with Crippen LogP contribution >= 0.6 is 0 Å². The molecule has 1 unspecified atom stereocenters. The molecular weight excluding hydrogens is 278 g/mol. The highest BCUT2D eigenvalue weighted by Crippen LogP contribution is 2.19. The highest BCUT2D eigenvalue weighted by molar-refractivity contribution is 6.13. The van der Waals surface area contributed by atoms with Crippen molar-refractivity contribution in [1.29, 1.82) is 5.26 Å². The number of furan rings is 1. The Morgan fingerprint density at radius 1 is 1.23 bits per heavy atom. The number of carbonyl (C=O) groups is 2. The number of carbonyl (C=O) groups excluding carboxylic acids is 2. The number of benzene rings is 1. The molecule has 2 rings (SSSR count). The maximum absolute atomic E-state index is 12.5. The Morgan fingerprint density at radius 2 is 2.00 bits per heavy atom. The Morgan fingerprint density at radius 3 is 2.64 bits per heavy atom. The molecule has 4 nitrogen and oxygen atoms in total. The van der Waals surface area contributed by atoms with Crippen molar-refractivity contribution < 1.29 is 14.0 Å². The van der Waals surface area contributed by atoms with E-state index in [4.69, 9.17) is 4.42 Å². The molecule has 0 spiro atoms. The van der Waals surface area contributed by atoms with Crippen molar-refractivity contribution in [2.75, 3.05) is 0 Å². The van der Waals surface area contributed by atoms with Gasteiger partial charge in [-0.05, 0) is 37.1 Å². The second-order valence-electron chi connectivity index (χ2n) is 5.22. The highest BCUT2D eigenvalue weighted by Gasteiger charge is 2.28. The Bertz CT molecular complexity index is 723. The lowest BCUT2D eigenvalue weighted by molar-refractivity contribution is -0.120. The van der Waals surface area contributed by atoms with Gasteiger partial charge in [-0.3, -0.25) is 9.59 Å². The second-order valence-corrected chi connectivity index (χ2v) is 5.22. The van der Waals surface area contributed by atoms with E-state index in [1.54, 1.807) is 24.3 Å². The summed E-state index contributed by atoms with van der Waals surface area (Å²) in [5.41, 5.74) is 2.22. The third kappa shape index (κ3) is 3.32. The van der Waals surface area contributed by atoms with Crippen LogP contribution in [-0.4, -0.2) is 11.6 Å². The first-order valence-electron chi connectivity index (χ1n) is 7.09. The predicted octanol–water partition coefficient (Wildman–Crippen LogP) is 3.42. The van der Waals surface area contributed by atoms with E-state index in [-0.39, 0.29) is 12.2 Å². The average molecular weight is 295 g/mol. The monoisotopic (exact) mass is 295 g/mol. The van der Waals surface area contributed by atoms with Crippen LogP contribution in [0.3, 0.4) is 0 Å². The Labute approximate surface area is 129 Å². The number of ketones is 2. The van der Waals surface area contributed by atoms with Crippen LogP contribution in [0.4, 0.5) is 0 Å². The Hall–Kier alpha value is -2.67. The summed E-state index contributed by atoms with van der Waals surface area (Å²) in [6.45, 7) is 3.72. The third-order valence-corrected chi connectivity index (χ3v) is 3.78. The lowest BCUT2D eigenvalue weighted by Crippen LogP contribution is -2.24. The van der Waals surface area contributed by atoms with Crippen LogP contribution in [0.2, 0.25) is 0 Å². The zero-order chi connectivity index (χ0) is 16.1. The van der Waals surface area contributed by atoms with E-state index in [2.05, 4.69) is 0 Å². The van der Waals surface area contributed by atoms with E-state index in [0.29, 0.717) is 17.7 Å². The van der Waals surface area contributed by atoms with Gasteiger partial charge in [0.1, 0.15) is 5.76 Å². The summed E-state index contributed by atoms with van der Waals surface area (Å²) in [6.07, 6.45) is 2.04. The normalized spacial score (nSPS) is 11.7. The highest BCUT2D eigenvalue weighted by atomic mass is 16.3. The SMILES string of the molecule is Cc1cccc(C(=O)C(C#N)C(=O)CCc2ccco2)c1C. The van der Waals surface area contributed by atoms with E-state index in [1.807, 2.05) is 26.0 Å². The van der Waals surface area contributed by atoms with Gasteiger partial charge in [-0.25, -0.2) is 0 Å². The number of nitriles is 1. The Balaban J connectivity index is 2.13.